The second-order valence-corrected chi connectivity index (χ2v) is 8.26. The van der Waals surface area contributed by atoms with Crippen LogP contribution in [0.5, 0.6) is 0 Å². The number of hydrogen-bond donors (Lipinski definition) is 2. The van der Waals surface area contributed by atoms with Gasteiger partial charge in [-0.25, -0.2) is 13.6 Å². The number of H-pyrrole nitrogens is 1. The Bertz CT molecular complexity index is 1790. The van der Waals surface area contributed by atoms with E-state index in [1.54, 1.807) is 39.5 Å². The van der Waals surface area contributed by atoms with Gasteiger partial charge in [0.05, 0.1) is 28.5 Å². The first-order valence-corrected chi connectivity index (χ1v) is 11.3. The molecule has 0 saturated carbocycles. The van der Waals surface area contributed by atoms with Gasteiger partial charge in [-0.1, -0.05) is 30.3 Å². The number of para-hydroxylation sites is 2. The van der Waals surface area contributed by atoms with E-state index >= 15 is 0 Å². The second kappa shape index (κ2) is 8.62. The predicted octanol–water partition coefficient (Wildman–Crippen LogP) is 4.10. The number of hydrogen-bond acceptors (Lipinski definition) is 4. The minimum absolute atomic E-state index is 0.160. The summed E-state index contributed by atoms with van der Waals surface area (Å²) >= 11 is 0. The molecule has 3 heterocycles. The maximum Gasteiger partial charge on any atom is 0.259 e. The molecule has 1 amide bonds. The van der Waals surface area contributed by atoms with Gasteiger partial charge in [0.25, 0.3) is 11.5 Å². The van der Waals surface area contributed by atoms with E-state index in [4.69, 9.17) is 5.10 Å². The van der Waals surface area contributed by atoms with Gasteiger partial charge in [-0.3, -0.25) is 9.59 Å². The van der Waals surface area contributed by atoms with E-state index in [9.17, 15) is 14.0 Å². The molecule has 0 aliphatic carbocycles. The minimum Gasteiger partial charge on any atom is -0.348 e. The highest BCUT2D eigenvalue weighted by molar-refractivity contribution is 6.00. The van der Waals surface area contributed by atoms with E-state index in [0.29, 0.717) is 22.2 Å². The zero-order valence-electron chi connectivity index (χ0n) is 18.9. The van der Waals surface area contributed by atoms with Crippen molar-refractivity contribution >= 4 is 22.5 Å². The van der Waals surface area contributed by atoms with Gasteiger partial charge in [0.1, 0.15) is 17.0 Å². The summed E-state index contributed by atoms with van der Waals surface area (Å²) in [6.07, 6.45) is 3.26. The number of aromatic amines is 1. The van der Waals surface area contributed by atoms with Crippen molar-refractivity contribution in [3.05, 3.63) is 119 Å². The third kappa shape index (κ3) is 3.72. The highest BCUT2D eigenvalue weighted by Crippen LogP contribution is 2.24. The number of carbonyl (C=O) groups is 1. The first kappa shape index (κ1) is 21.5. The first-order chi connectivity index (χ1) is 17.6. The van der Waals surface area contributed by atoms with Gasteiger partial charge in [-0.15, -0.1) is 0 Å². The van der Waals surface area contributed by atoms with Gasteiger partial charge in [0.15, 0.2) is 0 Å². The van der Waals surface area contributed by atoms with Crippen LogP contribution >= 0.6 is 0 Å². The number of nitrogens with zero attached hydrogens (tertiary/aromatic N) is 4. The topological polar surface area (TPSA) is 97.1 Å². The van der Waals surface area contributed by atoms with Gasteiger partial charge in [0, 0.05) is 23.9 Å². The molecule has 2 N–H and O–H groups in total. The lowest BCUT2D eigenvalue weighted by atomic mass is 10.1. The maximum atomic E-state index is 13.5. The molecule has 0 saturated heterocycles. The molecule has 36 heavy (non-hydrogen) atoms. The normalized spacial score (nSPS) is 11.2. The zero-order chi connectivity index (χ0) is 24.6. The molecular formula is C27H19FN6O2. The number of benzene rings is 3. The Balaban J connectivity index is 1.34. The Morgan fingerprint density at radius 1 is 0.972 bits per heavy atom. The molecule has 6 rings (SSSR count). The number of amides is 1. The molecule has 8 nitrogen and oxygen atoms in total. The summed E-state index contributed by atoms with van der Waals surface area (Å²) in [7, 11) is 0. The SMILES string of the molecule is O=C(NCc1cn(-c2ccccc2)nc1-c1ccc(F)cc1)c1cnn2c1[nH]c(=O)c1ccccc12. The largest absolute Gasteiger partial charge is 0.348 e. The summed E-state index contributed by atoms with van der Waals surface area (Å²) in [4.78, 5) is 28.4. The lowest BCUT2D eigenvalue weighted by Gasteiger charge is -2.06. The number of carbonyl (C=O) groups excluding carboxylic acids is 1. The van der Waals surface area contributed by atoms with Crippen molar-refractivity contribution in [2.75, 3.05) is 0 Å². The number of aromatic nitrogens is 5. The smallest absolute Gasteiger partial charge is 0.259 e. The standard InChI is InChI=1S/C27H19FN6O2/c28-19-12-10-17(11-13-19)24-18(16-33(32-24)20-6-2-1-3-7-20)14-29-26(35)22-15-30-34-23-9-5-4-8-21(23)27(36)31-25(22)34/h1-13,15-16H,14H2,(H,29,35)(H,31,36). The van der Waals surface area contributed by atoms with E-state index < -0.39 is 5.91 Å². The van der Waals surface area contributed by atoms with Gasteiger partial charge >= 0.3 is 0 Å². The molecule has 6 aromatic rings. The van der Waals surface area contributed by atoms with E-state index in [1.165, 1.54) is 18.3 Å². The third-order valence-corrected chi connectivity index (χ3v) is 5.99. The van der Waals surface area contributed by atoms with E-state index in [1.807, 2.05) is 42.6 Å². The van der Waals surface area contributed by atoms with Crippen LogP contribution in [0.2, 0.25) is 0 Å². The van der Waals surface area contributed by atoms with Crippen LogP contribution in [0.4, 0.5) is 4.39 Å². The Morgan fingerprint density at radius 3 is 2.53 bits per heavy atom. The average Bonchev–Trinajstić information content (AvgIpc) is 3.53. The molecule has 0 unspecified atom stereocenters. The molecule has 0 spiro atoms. The molecule has 0 aliphatic heterocycles. The fourth-order valence-electron chi connectivity index (χ4n) is 4.22. The fraction of sp³-hybridized carbons (Fsp3) is 0.0370. The number of rotatable bonds is 5. The average molecular weight is 478 g/mol. The molecule has 3 aromatic heterocycles. The highest BCUT2D eigenvalue weighted by atomic mass is 19.1. The van der Waals surface area contributed by atoms with Crippen LogP contribution in [0.15, 0.2) is 96.1 Å². The monoisotopic (exact) mass is 478 g/mol. The molecule has 0 atom stereocenters. The highest BCUT2D eigenvalue weighted by Gasteiger charge is 2.18. The summed E-state index contributed by atoms with van der Waals surface area (Å²) in [5.41, 5.74) is 3.82. The quantitative estimate of drug-likeness (QED) is 0.390. The van der Waals surface area contributed by atoms with Crippen LogP contribution in [0.1, 0.15) is 15.9 Å². The zero-order valence-corrected chi connectivity index (χ0v) is 18.9. The molecule has 0 bridgehead atoms. The summed E-state index contributed by atoms with van der Waals surface area (Å²) in [5.74, 6) is -0.737. The van der Waals surface area contributed by atoms with E-state index in [0.717, 1.165) is 16.8 Å². The number of nitrogens with one attached hydrogen (secondary N) is 2. The van der Waals surface area contributed by atoms with Crippen LogP contribution < -0.4 is 10.9 Å². The summed E-state index contributed by atoms with van der Waals surface area (Å²) in [6, 6.07) is 22.7. The van der Waals surface area contributed by atoms with Gasteiger partial charge in [0.2, 0.25) is 0 Å². The Hall–Kier alpha value is -5.05. The van der Waals surface area contributed by atoms with Gasteiger partial charge in [-0.2, -0.15) is 10.2 Å². The second-order valence-electron chi connectivity index (χ2n) is 8.26. The lowest BCUT2D eigenvalue weighted by molar-refractivity contribution is 0.0952. The maximum absolute atomic E-state index is 13.5. The van der Waals surface area contributed by atoms with E-state index in [2.05, 4.69) is 15.4 Å². The summed E-state index contributed by atoms with van der Waals surface area (Å²) in [5, 5.41) is 12.4. The van der Waals surface area contributed by atoms with Crippen molar-refractivity contribution in [1.82, 2.24) is 29.7 Å². The van der Waals surface area contributed by atoms with Crippen LogP contribution in [-0.4, -0.2) is 30.3 Å². The fourth-order valence-corrected chi connectivity index (χ4v) is 4.22. The van der Waals surface area contributed by atoms with E-state index in [-0.39, 0.29) is 23.5 Å². The Kier molecular flexibility index (Phi) is 5.15. The van der Waals surface area contributed by atoms with Crippen molar-refractivity contribution in [3.63, 3.8) is 0 Å². The van der Waals surface area contributed by atoms with Crippen molar-refractivity contribution in [2.45, 2.75) is 6.54 Å². The lowest BCUT2D eigenvalue weighted by Crippen LogP contribution is -2.23. The molecule has 0 radical (unpaired) electrons. The Morgan fingerprint density at radius 2 is 1.72 bits per heavy atom. The third-order valence-electron chi connectivity index (χ3n) is 5.99. The molecule has 3 aromatic carbocycles. The van der Waals surface area contributed by atoms with Crippen LogP contribution in [0.25, 0.3) is 33.5 Å². The predicted molar refractivity (Wildman–Crippen MR) is 133 cm³/mol. The van der Waals surface area contributed by atoms with Crippen molar-refractivity contribution in [3.8, 4) is 16.9 Å². The molecule has 0 aliphatic rings. The van der Waals surface area contributed by atoms with Crippen LogP contribution in [0.3, 0.4) is 0 Å². The summed E-state index contributed by atoms with van der Waals surface area (Å²) < 4.78 is 16.8. The molecule has 0 fully saturated rings. The minimum atomic E-state index is -0.395. The first-order valence-electron chi connectivity index (χ1n) is 11.3. The summed E-state index contributed by atoms with van der Waals surface area (Å²) in [6.45, 7) is 0.160. The van der Waals surface area contributed by atoms with Crippen molar-refractivity contribution < 1.29 is 9.18 Å². The van der Waals surface area contributed by atoms with Gasteiger partial charge < -0.3 is 10.3 Å². The van der Waals surface area contributed by atoms with Crippen LogP contribution in [-0.2, 0) is 6.54 Å². The van der Waals surface area contributed by atoms with Crippen molar-refractivity contribution in [1.29, 1.82) is 0 Å². The van der Waals surface area contributed by atoms with Crippen molar-refractivity contribution in [2.24, 2.45) is 0 Å². The van der Waals surface area contributed by atoms with Crippen LogP contribution in [0, 0.1) is 5.82 Å². The molecule has 9 heteroatoms. The molecular weight excluding hydrogens is 459 g/mol. The number of halogens is 1. The number of fused-ring (bicyclic) bond motifs is 3. The Labute approximate surface area is 203 Å². The van der Waals surface area contributed by atoms with Gasteiger partial charge in [-0.05, 0) is 48.5 Å². The molecule has 176 valence electrons.